The molecule has 0 aliphatic rings. The molecule has 0 radical (unpaired) electrons. The Morgan fingerprint density at radius 2 is 1.87 bits per heavy atom. The van der Waals surface area contributed by atoms with Gasteiger partial charge in [-0.1, -0.05) is 46.3 Å². The number of rotatable bonds is 4. The molecule has 3 rings (SSSR count). The second-order valence-corrected chi connectivity index (χ2v) is 6.00. The third-order valence-corrected chi connectivity index (χ3v) is 3.93. The molecule has 0 bridgehead atoms. The standard InChI is InChI=1S/C18H14BrFN2O/c19-14-8-9-15(20)16(11-14)21-18(23)17-7-4-10-22(17)12-13-5-2-1-3-6-13/h1-11H,12H2,(H,21,23). The number of carbonyl (C=O) groups is 1. The van der Waals surface area contributed by atoms with Crippen molar-refractivity contribution in [2.24, 2.45) is 0 Å². The van der Waals surface area contributed by atoms with Gasteiger partial charge in [0.25, 0.3) is 5.91 Å². The summed E-state index contributed by atoms with van der Waals surface area (Å²) in [6.45, 7) is 0.581. The summed E-state index contributed by atoms with van der Waals surface area (Å²) in [5.74, 6) is -0.814. The zero-order valence-corrected chi connectivity index (χ0v) is 13.8. The number of carbonyl (C=O) groups excluding carboxylic acids is 1. The van der Waals surface area contributed by atoms with Crippen LogP contribution in [0.3, 0.4) is 0 Å². The minimum Gasteiger partial charge on any atom is -0.339 e. The van der Waals surface area contributed by atoms with E-state index in [1.807, 2.05) is 41.1 Å². The van der Waals surface area contributed by atoms with Gasteiger partial charge in [-0.25, -0.2) is 4.39 Å². The molecule has 1 aromatic heterocycles. The Balaban J connectivity index is 1.81. The van der Waals surface area contributed by atoms with Gasteiger partial charge in [0.1, 0.15) is 11.5 Å². The maximum atomic E-state index is 13.8. The van der Waals surface area contributed by atoms with Gasteiger partial charge in [-0.3, -0.25) is 4.79 Å². The van der Waals surface area contributed by atoms with E-state index in [0.717, 1.165) is 5.56 Å². The summed E-state index contributed by atoms with van der Waals surface area (Å²) >= 11 is 3.27. The molecule has 3 aromatic rings. The summed E-state index contributed by atoms with van der Waals surface area (Å²) in [4.78, 5) is 12.4. The molecule has 3 nitrogen and oxygen atoms in total. The molecule has 0 spiro atoms. The lowest BCUT2D eigenvalue weighted by Crippen LogP contribution is -2.18. The Bertz CT molecular complexity index is 830. The summed E-state index contributed by atoms with van der Waals surface area (Å²) < 4.78 is 16.3. The van der Waals surface area contributed by atoms with E-state index < -0.39 is 5.82 Å². The maximum absolute atomic E-state index is 13.8. The Labute approximate surface area is 141 Å². The molecule has 23 heavy (non-hydrogen) atoms. The molecule has 116 valence electrons. The van der Waals surface area contributed by atoms with Crippen molar-refractivity contribution in [1.82, 2.24) is 4.57 Å². The van der Waals surface area contributed by atoms with E-state index in [1.165, 1.54) is 12.1 Å². The first-order valence-electron chi connectivity index (χ1n) is 7.09. The van der Waals surface area contributed by atoms with Crippen molar-refractivity contribution in [1.29, 1.82) is 0 Å². The van der Waals surface area contributed by atoms with Crippen LogP contribution in [-0.2, 0) is 6.54 Å². The molecule has 0 fully saturated rings. The normalized spacial score (nSPS) is 10.5. The molecule has 1 heterocycles. The van der Waals surface area contributed by atoms with E-state index in [-0.39, 0.29) is 11.6 Å². The second kappa shape index (κ2) is 6.79. The summed E-state index contributed by atoms with van der Waals surface area (Å²) in [5, 5.41) is 2.61. The number of hydrogen-bond acceptors (Lipinski definition) is 1. The molecular formula is C18H14BrFN2O. The van der Waals surface area contributed by atoms with Gasteiger partial charge in [0.15, 0.2) is 0 Å². The minimum atomic E-state index is -0.470. The number of halogens is 2. The monoisotopic (exact) mass is 372 g/mol. The molecule has 1 N–H and O–H groups in total. The lowest BCUT2D eigenvalue weighted by atomic mass is 10.2. The molecule has 0 saturated heterocycles. The first-order valence-corrected chi connectivity index (χ1v) is 7.88. The SMILES string of the molecule is O=C(Nc1cc(Br)ccc1F)c1cccn1Cc1ccccc1. The average molecular weight is 373 g/mol. The largest absolute Gasteiger partial charge is 0.339 e. The van der Waals surface area contributed by atoms with Crippen LogP contribution in [0, 0.1) is 5.82 Å². The van der Waals surface area contributed by atoms with Crippen LogP contribution in [0.25, 0.3) is 0 Å². The van der Waals surface area contributed by atoms with Crippen LogP contribution < -0.4 is 5.32 Å². The lowest BCUT2D eigenvalue weighted by molar-refractivity contribution is 0.101. The molecule has 0 aliphatic heterocycles. The van der Waals surface area contributed by atoms with Gasteiger partial charge in [-0.2, -0.15) is 0 Å². The summed E-state index contributed by atoms with van der Waals surface area (Å²) in [6, 6.07) is 17.8. The van der Waals surface area contributed by atoms with E-state index in [1.54, 1.807) is 18.2 Å². The van der Waals surface area contributed by atoms with Crippen molar-refractivity contribution in [3.63, 3.8) is 0 Å². The van der Waals surface area contributed by atoms with Crippen LogP contribution in [0.2, 0.25) is 0 Å². The first kappa shape index (κ1) is 15.5. The fraction of sp³-hybridized carbons (Fsp3) is 0.0556. The van der Waals surface area contributed by atoms with Gasteiger partial charge in [-0.05, 0) is 35.9 Å². The van der Waals surface area contributed by atoms with Crippen LogP contribution >= 0.6 is 15.9 Å². The Kier molecular flexibility index (Phi) is 4.57. The van der Waals surface area contributed by atoms with E-state index in [0.29, 0.717) is 16.7 Å². The molecule has 0 unspecified atom stereocenters. The zero-order chi connectivity index (χ0) is 16.2. The van der Waals surface area contributed by atoms with Crippen molar-refractivity contribution >= 4 is 27.5 Å². The van der Waals surface area contributed by atoms with Gasteiger partial charge >= 0.3 is 0 Å². The number of benzene rings is 2. The Hall–Kier alpha value is -2.40. The average Bonchev–Trinajstić information content (AvgIpc) is 3.00. The van der Waals surface area contributed by atoms with Crippen molar-refractivity contribution in [2.75, 3.05) is 5.32 Å². The quantitative estimate of drug-likeness (QED) is 0.707. The maximum Gasteiger partial charge on any atom is 0.272 e. The predicted octanol–water partition coefficient (Wildman–Crippen LogP) is 4.69. The second-order valence-electron chi connectivity index (χ2n) is 5.09. The molecule has 5 heteroatoms. The fourth-order valence-electron chi connectivity index (χ4n) is 2.32. The van der Waals surface area contributed by atoms with Crippen molar-refractivity contribution in [3.8, 4) is 0 Å². The highest BCUT2D eigenvalue weighted by Gasteiger charge is 2.13. The van der Waals surface area contributed by atoms with Crippen LogP contribution in [0.1, 0.15) is 16.1 Å². The van der Waals surface area contributed by atoms with E-state index in [4.69, 9.17) is 0 Å². The molecule has 0 aliphatic carbocycles. The van der Waals surface area contributed by atoms with Gasteiger partial charge in [-0.15, -0.1) is 0 Å². The van der Waals surface area contributed by atoms with E-state index in [2.05, 4.69) is 21.2 Å². The summed E-state index contributed by atoms with van der Waals surface area (Å²) in [5.41, 5.74) is 1.72. The van der Waals surface area contributed by atoms with Crippen LogP contribution in [0.15, 0.2) is 71.3 Å². The predicted molar refractivity (Wildman–Crippen MR) is 92.0 cm³/mol. The number of nitrogens with one attached hydrogen (secondary N) is 1. The number of aromatic nitrogens is 1. The molecule has 2 aromatic carbocycles. The summed E-state index contributed by atoms with van der Waals surface area (Å²) in [6.07, 6.45) is 1.83. The molecule has 0 atom stereocenters. The van der Waals surface area contributed by atoms with E-state index >= 15 is 0 Å². The van der Waals surface area contributed by atoms with Crippen molar-refractivity contribution < 1.29 is 9.18 Å². The highest BCUT2D eigenvalue weighted by Crippen LogP contribution is 2.21. The topological polar surface area (TPSA) is 34.0 Å². The van der Waals surface area contributed by atoms with Gasteiger partial charge in [0.2, 0.25) is 0 Å². The minimum absolute atomic E-state index is 0.150. The Morgan fingerprint density at radius 1 is 1.09 bits per heavy atom. The van der Waals surface area contributed by atoms with Crippen LogP contribution in [0.4, 0.5) is 10.1 Å². The number of hydrogen-bond donors (Lipinski definition) is 1. The number of nitrogens with zero attached hydrogens (tertiary/aromatic N) is 1. The van der Waals surface area contributed by atoms with Gasteiger partial charge in [0.05, 0.1) is 5.69 Å². The Morgan fingerprint density at radius 3 is 2.65 bits per heavy atom. The molecule has 0 saturated carbocycles. The number of amides is 1. The van der Waals surface area contributed by atoms with E-state index in [9.17, 15) is 9.18 Å². The van der Waals surface area contributed by atoms with Gasteiger partial charge in [0, 0.05) is 17.2 Å². The third kappa shape index (κ3) is 3.68. The zero-order valence-electron chi connectivity index (χ0n) is 12.2. The van der Waals surface area contributed by atoms with Crippen LogP contribution in [-0.4, -0.2) is 10.5 Å². The first-order chi connectivity index (χ1) is 11.1. The third-order valence-electron chi connectivity index (χ3n) is 3.43. The highest BCUT2D eigenvalue weighted by atomic mass is 79.9. The number of anilines is 1. The van der Waals surface area contributed by atoms with Gasteiger partial charge < -0.3 is 9.88 Å². The summed E-state index contributed by atoms with van der Waals surface area (Å²) in [7, 11) is 0. The molecular weight excluding hydrogens is 359 g/mol. The van der Waals surface area contributed by atoms with Crippen molar-refractivity contribution in [3.05, 3.63) is 88.4 Å². The van der Waals surface area contributed by atoms with Crippen molar-refractivity contribution in [2.45, 2.75) is 6.54 Å². The lowest BCUT2D eigenvalue weighted by Gasteiger charge is -2.11. The fourth-order valence-corrected chi connectivity index (χ4v) is 2.68. The smallest absolute Gasteiger partial charge is 0.272 e. The van der Waals surface area contributed by atoms with Crippen LogP contribution in [0.5, 0.6) is 0 Å². The highest BCUT2D eigenvalue weighted by molar-refractivity contribution is 9.10. The molecule has 1 amide bonds.